The number of aromatic nitrogens is 2. The summed E-state index contributed by atoms with van der Waals surface area (Å²) in [7, 11) is 0. The molecule has 4 nitrogen and oxygen atoms in total. The van der Waals surface area contributed by atoms with Crippen LogP contribution in [0.4, 0.5) is 0 Å². The normalized spacial score (nSPS) is 17.4. The van der Waals surface area contributed by atoms with Crippen molar-refractivity contribution >= 4 is 0 Å². The SMILES string of the molecule is CCC(N)(CC)c1nc(C2CC2)no1. The highest BCUT2D eigenvalue weighted by atomic mass is 16.5. The molecule has 0 saturated heterocycles. The monoisotopic (exact) mass is 195 g/mol. The van der Waals surface area contributed by atoms with Gasteiger partial charge in [0.2, 0.25) is 5.89 Å². The maximum absolute atomic E-state index is 6.16. The van der Waals surface area contributed by atoms with Gasteiger partial charge in [0.25, 0.3) is 0 Å². The Labute approximate surface area is 83.9 Å². The van der Waals surface area contributed by atoms with Crippen LogP contribution in [0.25, 0.3) is 0 Å². The molecule has 4 heteroatoms. The highest BCUT2D eigenvalue weighted by molar-refractivity contribution is 5.07. The molecule has 0 bridgehead atoms. The van der Waals surface area contributed by atoms with Gasteiger partial charge >= 0.3 is 0 Å². The average Bonchev–Trinajstić information content (AvgIpc) is 2.95. The van der Waals surface area contributed by atoms with E-state index >= 15 is 0 Å². The molecule has 0 radical (unpaired) electrons. The van der Waals surface area contributed by atoms with E-state index in [0.717, 1.165) is 18.7 Å². The second-order valence-electron chi connectivity index (χ2n) is 4.10. The van der Waals surface area contributed by atoms with Gasteiger partial charge in [-0.2, -0.15) is 4.98 Å². The van der Waals surface area contributed by atoms with E-state index < -0.39 is 5.54 Å². The lowest BCUT2D eigenvalue weighted by Gasteiger charge is -2.20. The van der Waals surface area contributed by atoms with E-state index in [-0.39, 0.29) is 0 Å². The topological polar surface area (TPSA) is 64.9 Å². The molecule has 2 rings (SSSR count). The predicted molar refractivity (Wildman–Crippen MR) is 52.7 cm³/mol. The van der Waals surface area contributed by atoms with E-state index in [1.54, 1.807) is 0 Å². The van der Waals surface area contributed by atoms with Crippen LogP contribution in [0.15, 0.2) is 4.52 Å². The molecule has 0 unspecified atom stereocenters. The van der Waals surface area contributed by atoms with Crippen molar-refractivity contribution in [2.75, 3.05) is 0 Å². The molecule has 14 heavy (non-hydrogen) atoms. The maximum atomic E-state index is 6.16. The minimum Gasteiger partial charge on any atom is -0.337 e. The number of hydrogen-bond acceptors (Lipinski definition) is 4. The van der Waals surface area contributed by atoms with Gasteiger partial charge in [0, 0.05) is 5.92 Å². The molecule has 0 amide bonds. The van der Waals surface area contributed by atoms with E-state index in [4.69, 9.17) is 10.3 Å². The number of hydrogen-bond donors (Lipinski definition) is 1. The van der Waals surface area contributed by atoms with E-state index in [0.29, 0.717) is 11.8 Å². The summed E-state index contributed by atoms with van der Waals surface area (Å²) in [6.07, 6.45) is 4.04. The molecule has 1 aromatic heterocycles. The largest absolute Gasteiger partial charge is 0.337 e. The van der Waals surface area contributed by atoms with E-state index in [2.05, 4.69) is 10.1 Å². The third-order valence-electron chi connectivity index (χ3n) is 3.07. The summed E-state index contributed by atoms with van der Waals surface area (Å²) < 4.78 is 5.23. The lowest BCUT2D eigenvalue weighted by atomic mass is 9.94. The van der Waals surface area contributed by atoms with E-state index in [9.17, 15) is 0 Å². The first-order valence-electron chi connectivity index (χ1n) is 5.32. The van der Waals surface area contributed by atoms with Crippen molar-refractivity contribution in [3.63, 3.8) is 0 Å². The minimum atomic E-state index is -0.430. The number of nitrogens with two attached hydrogens (primary N) is 1. The standard InChI is InChI=1S/C10H17N3O/c1-3-10(11,4-2)9-12-8(13-14-9)7-5-6-7/h7H,3-6,11H2,1-2H3. The fourth-order valence-electron chi connectivity index (χ4n) is 1.50. The Balaban J connectivity index is 2.21. The third-order valence-corrected chi connectivity index (χ3v) is 3.07. The summed E-state index contributed by atoms with van der Waals surface area (Å²) in [4.78, 5) is 4.38. The zero-order valence-corrected chi connectivity index (χ0v) is 8.79. The van der Waals surface area contributed by atoms with Crippen molar-refractivity contribution in [3.05, 3.63) is 11.7 Å². The number of nitrogens with zero attached hydrogens (tertiary/aromatic N) is 2. The molecule has 1 aliphatic carbocycles. The first kappa shape index (κ1) is 9.65. The highest BCUT2D eigenvalue weighted by Gasteiger charge is 2.34. The first-order valence-corrected chi connectivity index (χ1v) is 5.32. The van der Waals surface area contributed by atoms with Crippen molar-refractivity contribution in [1.29, 1.82) is 0 Å². The highest BCUT2D eigenvalue weighted by Crippen LogP contribution is 2.39. The smallest absolute Gasteiger partial charge is 0.246 e. The molecule has 0 aromatic carbocycles. The zero-order valence-electron chi connectivity index (χ0n) is 8.79. The van der Waals surface area contributed by atoms with E-state index in [1.165, 1.54) is 12.8 Å². The van der Waals surface area contributed by atoms with Crippen LogP contribution in [0, 0.1) is 0 Å². The molecular formula is C10H17N3O. The Morgan fingerprint density at radius 3 is 2.57 bits per heavy atom. The molecular weight excluding hydrogens is 178 g/mol. The van der Waals surface area contributed by atoms with Gasteiger partial charge < -0.3 is 10.3 Å². The summed E-state index contributed by atoms with van der Waals surface area (Å²) >= 11 is 0. The van der Waals surface area contributed by atoms with Gasteiger partial charge in [-0.05, 0) is 25.7 Å². The summed E-state index contributed by atoms with van der Waals surface area (Å²) in [6, 6.07) is 0. The summed E-state index contributed by atoms with van der Waals surface area (Å²) in [5.41, 5.74) is 5.73. The summed E-state index contributed by atoms with van der Waals surface area (Å²) in [5.74, 6) is 1.98. The van der Waals surface area contributed by atoms with Crippen LogP contribution in [0.1, 0.15) is 57.2 Å². The Hall–Kier alpha value is -0.900. The van der Waals surface area contributed by atoms with Crippen molar-refractivity contribution in [2.45, 2.75) is 51.0 Å². The van der Waals surface area contributed by atoms with Gasteiger partial charge in [0.15, 0.2) is 5.82 Å². The number of rotatable bonds is 4. The molecule has 1 saturated carbocycles. The van der Waals surface area contributed by atoms with Crippen LogP contribution in [0.5, 0.6) is 0 Å². The van der Waals surface area contributed by atoms with Crippen LogP contribution >= 0.6 is 0 Å². The molecule has 1 fully saturated rings. The van der Waals surface area contributed by atoms with Gasteiger partial charge in [-0.1, -0.05) is 19.0 Å². The summed E-state index contributed by atoms with van der Waals surface area (Å²) in [5, 5.41) is 3.97. The van der Waals surface area contributed by atoms with Crippen LogP contribution in [0.2, 0.25) is 0 Å². The van der Waals surface area contributed by atoms with Gasteiger partial charge in [-0.25, -0.2) is 0 Å². The van der Waals surface area contributed by atoms with Crippen LogP contribution in [-0.2, 0) is 5.54 Å². The molecule has 78 valence electrons. The first-order chi connectivity index (χ1) is 6.69. The Morgan fingerprint density at radius 1 is 1.43 bits per heavy atom. The molecule has 2 N–H and O–H groups in total. The molecule has 0 aliphatic heterocycles. The minimum absolute atomic E-state index is 0.430. The fraction of sp³-hybridized carbons (Fsp3) is 0.800. The van der Waals surface area contributed by atoms with Crippen molar-refractivity contribution in [1.82, 2.24) is 10.1 Å². The van der Waals surface area contributed by atoms with Crippen molar-refractivity contribution < 1.29 is 4.52 Å². The predicted octanol–water partition coefficient (Wildman–Crippen LogP) is 1.92. The van der Waals surface area contributed by atoms with Crippen molar-refractivity contribution in [2.24, 2.45) is 5.73 Å². The average molecular weight is 195 g/mol. The second kappa shape index (κ2) is 3.35. The van der Waals surface area contributed by atoms with Gasteiger partial charge in [0.1, 0.15) is 0 Å². The molecule has 0 spiro atoms. The molecule has 1 aromatic rings. The Bertz CT molecular complexity index is 313. The molecule has 1 heterocycles. The van der Waals surface area contributed by atoms with E-state index in [1.807, 2.05) is 13.8 Å². The second-order valence-corrected chi connectivity index (χ2v) is 4.10. The third kappa shape index (κ3) is 1.54. The van der Waals surface area contributed by atoms with Gasteiger partial charge in [-0.15, -0.1) is 0 Å². The van der Waals surface area contributed by atoms with Crippen molar-refractivity contribution in [3.8, 4) is 0 Å². The van der Waals surface area contributed by atoms with Gasteiger partial charge in [0.05, 0.1) is 5.54 Å². The lowest BCUT2D eigenvalue weighted by Crippen LogP contribution is -2.35. The quantitative estimate of drug-likeness (QED) is 0.797. The lowest BCUT2D eigenvalue weighted by molar-refractivity contribution is 0.267. The van der Waals surface area contributed by atoms with Crippen LogP contribution in [0.3, 0.4) is 0 Å². The summed E-state index contributed by atoms with van der Waals surface area (Å²) in [6.45, 7) is 4.09. The van der Waals surface area contributed by atoms with Crippen LogP contribution in [-0.4, -0.2) is 10.1 Å². The fourth-order valence-corrected chi connectivity index (χ4v) is 1.50. The molecule has 0 atom stereocenters. The maximum Gasteiger partial charge on any atom is 0.246 e. The Kier molecular flexibility index (Phi) is 2.31. The van der Waals surface area contributed by atoms with Crippen LogP contribution < -0.4 is 5.73 Å². The zero-order chi connectivity index (χ0) is 10.2. The Morgan fingerprint density at radius 2 is 2.07 bits per heavy atom. The molecule has 1 aliphatic rings. The van der Waals surface area contributed by atoms with Gasteiger partial charge in [-0.3, -0.25) is 0 Å².